The third-order valence-electron chi connectivity index (χ3n) is 2.36. The molecule has 1 aliphatic heterocycles. The van der Waals surface area contributed by atoms with Crippen molar-refractivity contribution in [2.24, 2.45) is 0 Å². The van der Waals surface area contributed by atoms with E-state index >= 15 is 0 Å². The molecule has 0 aromatic rings. The van der Waals surface area contributed by atoms with Crippen molar-refractivity contribution in [3.63, 3.8) is 0 Å². The van der Waals surface area contributed by atoms with E-state index in [-0.39, 0.29) is 5.78 Å². The topological polar surface area (TPSA) is 99.0 Å². The van der Waals surface area contributed by atoms with Crippen LogP contribution in [-0.4, -0.2) is 58.8 Å². The van der Waals surface area contributed by atoms with Gasteiger partial charge in [0.05, 0.1) is 6.04 Å². The molecule has 6 nitrogen and oxygen atoms in total. The summed E-state index contributed by atoms with van der Waals surface area (Å²) < 4.78 is 4.77. The number of hydrogen-bond donors (Lipinski definition) is 4. The number of ketones is 1. The van der Waals surface area contributed by atoms with E-state index < -0.39 is 30.6 Å². The third-order valence-corrected chi connectivity index (χ3v) is 2.36. The second-order valence-corrected chi connectivity index (χ2v) is 3.35. The van der Waals surface area contributed by atoms with E-state index in [2.05, 4.69) is 5.32 Å². The van der Waals surface area contributed by atoms with Gasteiger partial charge < -0.3 is 25.4 Å². The van der Waals surface area contributed by atoms with Gasteiger partial charge in [-0.05, 0) is 14.0 Å². The largest absolute Gasteiger partial charge is 0.388 e. The normalized spacial score (nSPS) is 43.6. The Morgan fingerprint density at radius 1 is 1.29 bits per heavy atom. The van der Waals surface area contributed by atoms with Crippen LogP contribution in [0.1, 0.15) is 6.92 Å². The van der Waals surface area contributed by atoms with Crippen LogP contribution in [0.4, 0.5) is 0 Å². The average Bonchev–Trinajstić information content (AvgIpc) is 2.12. The fourth-order valence-corrected chi connectivity index (χ4v) is 1.56. The van der Waals surface area contributed by atoms with Crippen LogP contribution in [0.3, 0.4) is 0 Å². The number of likely N-dealkylation sites (N-methyl/N-ethyl adjacent to an activating group) is 1. The molecule has 1 aliphatic rings. The number of rotatable bonds is 2. The molecule has 0 saturated carbocycles. The van der Waals surface area contributed by atoms with Gasteiger partial charge in [0.15, 0.2) is 12.1 Å². The summed E-state index contributed by atoms with van der Waals surface area (Å²) in [5, 5.41) is 30.9. The maximum Gasteiger partial charge on any atom is 0.183 e. The summed E-state index contributed by atoms with van der Waals surface area (Å²) >= 11 is 0. The quantitative estimate of drug-likeness (QED) is 0.401. The van der Waals surface area contributed by atoms with Gasteiger partial charge in [-0.3, -0.25) is 4.79 Å². The molecule has 1 heterocycles. The summed E-state index contributed by atoms with van der Waals surface area (Å²) in [7, 11) is 1.52. The molecule has 14 heavy (non-hydrogen) atoms. The molecule has 0 spiro atoms. The summed E-state index contributed by atoms with van der Waals surface area (Å²) in [5.41, 5.74) is 0. The maximum atomic E-state index is 11.0. The molecule has 2 unspecified atom stereocenters. The molecule has 0 aromatic heterocycles. The molecule has 0 aromatic carbocycles. The average molecular weight is 205 g/mol. The van der Waals surface area contributed by atoms with E-state index in [0.29, 0.717) is 0 Å². The summed E-state index contributed by atoms with van der Waals surface area (Å²) in [5.74, 6) is -0.385. The summed E-state index contributed by atoms with van der Waals surface area (Å²) in [6.07, 6.45) is -4.95. The Bertz CT molecular complexity index is 222. The van der Waals surface area contributed by atoms with Crippen LogP contribution >= 0.6 is 0 Å². The van der Waals surface area contributed by atoms with E-state index in [1.165, 1.54) is 14.0 Å². The van der Waals surface area contributed by atoms with Gasteiger partial charge >= 0.3 is 0 Å². The number of aliphatic hydroxyl groups excluding tert-OH is 3. The minimum absolute atomic E-state index is 0.385. The monoisotopic (exact) mass is 205 g/mol. The number of carbonyl (C=O) groups is 1. The second-order valence-electron chi connectivity index (χ2n) is 3.35. The highest BCUT2D eigenvalue weighted by atomic mass is 16.6. The van der Waals surface area contributed by atoms with Gasteiger partial charge in [0.2, 0.25) is 0 Å². The van der Waals surface area contributed by atoms with Crippen LogP contribution in [0.2, 0.25) is 0 Å². The number of aliphatic hydroxyl groups is 3. The van der Waals surface area contributed by atoms with Crippen molar-refractivity contribution in [1.29, 1.82) is 0 Å². The molecule has 82 valence electrons. The number of nitrogens with one attached hydrogen (secondary N) is 1. The number of hydrogen-bond acceptors (Lipinski definition) is 6. The van der Waals surface area contributed by atoms with Crippen LogP contribution < -0.4 is 5.32 Å². The highest BCUT2D eigenvalue weighted by molar-refractivity contribution is 5.81. The van der Waals surface area contributed by atoms with Gasteiger partial charge in [-0.25, -0.2) is 0 Å². The van der Waals surface area contributed by atoms with Gasteiger partial charge in [0.1, 0.15) is 18.3 Å². The van der Waals surface area contributed by atoms with E-state index in [1.54, 1.807) is 0 Å². The standard InChI is InChI=1S/C8H15NO5/c1-3(10)7-5(11)4(9-2)6(12)8(13)14-7/h4-9,11-13H,1-2H3/t4-,5-,6?,7?,8+/m0/s1. The predicted molar refractivity (Wildman–Crippen MR) is 46.4 cm³/mol. The van der Waals surface area contributed by atoms with Crippen LogP contribution in [0.5, 0.6) is 0 Å². The molecular weight excluding hydrogens is 190 g/mol. The Hall–Kier alpha value is -0.530. The Morgan fingerprint density at radius 2 is 1.86 bits per heavy atom. The number of Topliss-reactive ketones (excluding diaryl/α,β-unsaturated/α-hetero) is 1. The van der Waals surface area contributed by atoms with Gasteiger partial charge in [-0.15, -0.1) is 0 Å². The SMILES string of the molecule is CN[C@@H]1C(O)[C@H](O)OC(C(C)=O)[C@H]1O. The van der Waals surface area contributed by atoms with Crippen molar-refractivity contribution in [3.8, 4) is 0 Å². The van der Waals surface area contributed by atoms with Crippen molar-refractivity contribution in [3.05, 3.63) is 0 Å². The Balaban J connectivity index is 2.80. The van der Waals surface area contributed by atoms with Crippen LogP contribution in [-0.2, 0) is 9.53 Å². The van der Waals surface area contributed by atoms with Crippen LogP contribution in [0.25, 0.3) is 0 Å². The molecule has 1 fully saturated rings. The summed E-state index contributed by atoms with van der Waals surface area (Å²) in [4.78, 5) is 11.0. The molecule has 1 saturated heterocycles. The van der Waals surface area contributed by atoms with E-state index in [4.69, 9.17) is 4.74 Å². The molecule has 0 amide bonds. The summed E-state index contributed by atoms with van der Waals surface area (Å²) in [6.45, 7) is 1.25. The second kappa shape index (κ2) is 4.33. The van der Waals surface area contributed by atoms with Gasteiger partial charge in [0.25, 0.3) is 0 Å². The van der Waals surface area contributed by atoms with Crippen LogP contribution in [0, 0.1) is 0 Å². The van der Waals surface area contributed by atoms with Gasteiger partial charge in [0, 0.05) is 0 Å². The lowest BCUT2D eigenvalue weighted by molar-refractivity contribution is -0.249. The number of ether oxygens (including phenoxy) is 1. The lowest BCUT2D eigenvalue weighted by Crippen LogP contribution is -2.63. The fourth-order valence-electron chi connectivity index (χ4n) is 1.56. The Labute approximate surface area is 81.5 Å². The minimum Gasteiger partial charge on any atom is -0.388 e. The zero-order valence-electron chi connectivity index (χ0n) is 8.04. The number of carbonyl (C=O) groups excluding carboxylic acids is 1. The van der Waals surface area contributed by atoms with Gasteiger partial charge in [-0.2, -0.15) is 0 Å². The van der Waals surface area contributed by atoms with E-state index in [0.717, 1.165) is 0 Å². The highest BCUT2D eigenvalue weighted by Crippen LogP contribution is 2.20. The molecule has 0 bridgehead atoms. The lowest BCUT2D eigenvalue weighted by Gasteiger charge is -2.39. The molecule has 5 atom stereocenters. The fraction of sp³-hybridized carbons (Fsp3) is 0.875. The Kier molecular flexibility index (Phi) is 3.57. The van der Waals surface area contributed by atoms with E-state index in [9.17, 15) is 20.1 Å². The first-order valence-corrected chi connectivity index (χ1v) is 4.36. The minimum atomic E-state index is -1.45. The van der Waals surface area contributed by atoms with Crippen molar-refractivity contribution >= 4 is 5.78 Å². The molecule has 1 rings (SSSR count). The first-order chi connectivity index (χ1) is 6.49. The Morgan fingerprint density at radius 3 is 2.29 bits per heavy atom. The van der Waals surface area contributed by atoms with Crippen molar-refractivity contribution in [1.82, 2.24) is 5.32 Å². The lowest BCUT2D eigenvalue weighted by atomic mass is 9.94. The molecule has 0 aliphatic carbocycles. The molecular formula is C8H15NO5. The van der Waals surface area contributed by atoms with E-state index in [1.807, 2.05) is 0 Å². The zero-order chi connectivity index (χ0) is 10.9. The smallest absolute Gasteiger partial charge is 0.183 e. The van der Waals surface area contributed by atoms with Crippen LogP contribution in [0.15, 0.2) is 0 Å². The first kappa shape index (κ1) is 11.5. The van der Waals surface area contributed by atoms with Crippen molar-refractivity contribution in [2.45, 2.75) is 37.6 Å². The first-order valence-electron chi connectivity index (χ1n) is 4.36. The highest BCUT2D eigenvalue weighted by Gasteiger charge is 2.44. The predicted octanol–water partition coefficient (Wildman–Crippen LogP) is -2.40. The zero-order valence-corrected chi connectivity index (χ0v) is 8.04. The molecule has 0 radical (unpaired) electrons. The maximum absolute atomic E-state index is 11.0. The summed E-state index contributed by atoms with van der Waals surface area (Å²) in [6, 6.07) is -0.771. The van der Waals surface area contributed by atoms with Crippen molar-refractivity contribution < 1.29 is 24.9 Å². The third kappa shape index (κ3) is 1.94. The van der Waals surface area contributed by atoms with Crippen molar-refractivity contribution in [2.75, 3.05) is 7.05 Å². The molecule has 6 heteroatoms. The van der Waals surface area contributed by atoms with Gasteiger partial charge in [-0.1, -0.05) is 0 Å². The molecule has 4 N–H and O–H groups in total.